The number of rotatable bonds is 8. The molecule has 322 valence electrons. The number of fused-ring (bicyclic) bond motifs is 5. The van der Waals surface area contributed by atoms with Crippen LogP contribution in [0.15, 0.2) is 253 Å². The Bertz CT molecular complexity index is 3960. The van der Waals surface area contributed by atoms with Crippen molar-refractivity contribution in [3.63, 3.8) is 0 Å². The van der Waals surface area contributed by atoms with Gasteiger partial charge in [-0.1, -0.05) is 231 Å². The molecule has 4 heteroatoms. The van der Waals surface area contributed by atoms with Crippen molar-refractivity contribution in [1.82, 2.24) is 15.0 Å². The van der Waals surface area contributed by atoms with Crippen LogP contribution in [0.25, 0.3) is 133 Å². The molecule has 13 rings (SSSR count). The van der Waals surface area contributed by atoms with E-state index in [0.717, 1.165) is 72.0 Å². The van der Waals surface area contributed by atoms with E-state index < -0.39 is 0 Å². The minimum Gasteiger partial charge on any atom is -0.456 e. The Morgan fingerprint density at radius 3 is 1.12 bits per heavy atom. The van der Waals surface area contributed by atoms with Crippen molar-refractivity contribution in [1.29, 1.82) is 0 Å². The third kappa shape index (κ3) is 7.14. The smallest absolute Gasteiger partial charge is 0.164 e. The summed E-state index contributed by atoms with van der Waals surface area (Å²) in [5.74, 6) is 1.85. The Hall–Kier alpha value is -9.25. The van der Waals surface area contributed by atoms with Gasteiger partial charge in [0.15, 0.2) is 17.5 Å². The van der Waals surface area contributed by atoms with E-state index in [9.17, 15) is 0 Å². The van der Waals surface area contributed by atoms with Crippen LogP contribution in [0.3, 0.4) is 0 Å². The minimum atomic E-state index is 0.612. The zero-order chi connectivity index (χ0) is 45.7. The van der Waals surface area contributed by atoms with Crippen LogP contribution in [-0.2, 0) is 0 Å². The first-order valence-electron chi connectivity index (χ1n) is 23.3. The van der Waals surface area contributed by atoms with E-state index in [-0.39, 0.29) is 0 Å². The van der Waals surface area contributed by atoms with Gasteiger partial charge in [-0.2, -0.15) is 0 Å². The highest BCUT2D eigenvalue weighted by Crippen LogP contribution is 2.43. The third-order valence-corrected chi connectivity index (χ3v) is 13.4. The molecule has 11 aromatic carbocycles. The normalized spacial score (nSPS) is 11.5. The van der Waals surface area contributed by atoms with Crippen LogP contribution >= 0.6 is 0 Å². The number of hydrogen-bond donors (Lipinski definition) is 0. The first-order valence-corrected chi connectivity index (χ1v) is 23.3. The van der Waals surface area contributed by atoms with E-state index >= 15 is 0 Å². The molecule has 0 amide bonds. The molecule has 2 aromatic heterocycles. The van der Waals surface area contributed by atoms with Crippen LogP contribution in [0.4, 0.5) is 0 Å². The summed E-state index contributed by atoms with van der Waals surface area (Å²) in [6, 6.07) is 87.7. The van der Waals surface area contributed by atoms with Crippen molar-refractivity contribution in [2.24, 2.45) is 0 Å². The Kier molecular flexibility index (Phi) is 9.80. The first kappa shape index (κ1) is 40.1. The Balaban J connectivity index is 0.901. The molecule has 0 bridgehead atoms. The monoisotopic (exact) mass is 879 g/mol. The average molecular weight is 880 g/mol. The average Bonchev–Trinajstić information content (AvgIpc) is 3.81. The van der Waals surface area contributed by atoms with Gasteiger partial charge in [0, 0.05) is 27.5 Å². The predicted molar refractivity (Wildman–Crippen MR) is 286 cm³/mol. The fourth-order valence-electron chi connectivity index (χ4n) is 10.1. The molecule has 0 aliphatic rings. The van der Waals surface area contributed by atoms with Gasteiger partial charge in [0.2, 0.25) is 0 Å². The maximum atomic E-state index is 6.18. The molecule has 2 heterocycles. The second-order valence-electron chi connectivity index (χ2n) is 17.4. The highest BCUT2D eigenvalue weighted by molar-refractivity contribution is 6.13. The molecule has 0 spiro atoms. The Morgan fingerprint density at radius 2 is 0.565 bits per heavy atom. The van der Waals surface area contributed by atoms with E-state index in [2.05, 4.69) is 224 Å². The summed E-state index contributed by atoms with van der Waals surface area (Å²) >= 11 is 0. The van der Waals surface area contributed by atoms with Crippen molar-refractivity contribution in [3.05, 3.63) is 249 Å². The molecule has 0 saturated heterocycles. The first-order chi connectivity index (χ1) is 34.2. The van der Waals surface area contributed by atoms with Crippen LogP contribution in [0.2, 0.25) is 0 Å². The van der Waals surface area contributed by atoms with Crippen molar-refractivity contribution in [3.8, 4) is 89.8 Å². The molecule has 0 saturated carbocycles. The predicted octanol–water partition coefficient (Wildman–Crippen LogP) is 17.4. The number of furan rings is 1. The lowest BCUT2D eigenvalue weighted by Gasteiger charge is -2.16. The van der Waals surface area contributed by atoms with Gasteiger partial charge in [-0.05, 0) is 95.4 Å². The topological polar surface area (TPSA) is 51.8 Å². The van der Waals surface area contributed by atoms with Crippen LogP contribution in [0.5, 0.6) is 0 Å². The molecule has 0 aliphatic carbocycles. The van der Waals surface area contributed by atoms with Crippen LogP contribution in [0.1, 0.15) is 0 Å². The van der Waals surface area contributed by atoms with E-state index in [4.69, 9.17) is 19.4 Å². The van der Waals surface area contributed by atoms with Crippen molar-refractivity contribution in [2.45, 2.75) is 0 Å². The van der Waals surface area contributed by atoms with Crippen LogP contribution < -0.4 is 0 Å². The van der Waals surface area contributed by atoms with Gasteiger partial charge in [-0.25, -0.2) is 15.0 Å². The summed E-state index contributed by atoms with van der Waals surface area (Å²) in [5, 5.41) is 7.07. The van der Waals surface area contributed by atoms with Gasteiger partial charge < -0.3 is 4.42 Å². The lowest BCUT2D eigenvalue weighted by Crippen LogP contribution is -2.02. The number of aromatic nitrogens is 3. The van der Waals surface area contributed by atoms with Gasteiger partial charge in [0.05, 0.1) is 0 Å². The number of para-hydroxylation sites is 1. The molecule has 69 heavy (non-hydrogen) atoms. The summed E-state index contributed by atoms with van der Waals surface area (Å²) in [6.45, 7) is 0. The molecule has 0 N–H and O–H groups in total. The highest BCUT2D eigenvalue weighted by atomic mass is 16.3. The van der Waals surface area contributed by atoms with E-state index in [1.165, 1.54) is 43.8 Å². The van der Waals surface area contributed by atoms with Crippen molar-refractivity contribution < 1.29 is 4.42 Å². The van der Waals surface area contributed by atoms with Crippen LogP contribution in [-0.4, -0.2) is 15.0 Å². The Morgan fingerprint density at radius 1 is 0.203 bits per heavy atom. The molecular formula is C65H41N3O. The second kappa shape index (κ2) is 16.9. The maximum absolute atomic E-state index is 6.18. The van der Waals surface area contributed by atoms with Gasteiger partial charge in [0.25, 0.3) is 0 Å². The molecular weight excluding hydrogens is 839 g/mol. The largest absolute Gasteiger partial charge is 0.456 e. The highest BCUT2D eigenvalue weighted by Gasteiger charge is 2.19. The lowest BCUT2D eigenvalue weighted by molar-refractivity contribution is 0.669. The molecule has 0 radical (unpaired) electrons. The van der Waals surface area contributed by atoms with E-state index in [1.807, 2.05) is 24.3 Å². The summed E-state index contributed by atoms with van der Waals surface area (Å²) in [6.07, 6.45) is 0. The Labute approximate surface area is 399 Å². The summed E-state index contributed by atoms with van der Waals surface area (Å²) < 4.78 is 6.18. The van der Waals surface area contributed by atoms with E-state index in [0.29, 0.717) is 17.5 Å². The number of nitrogens with zero attached hydrogens (tertiary/aromatic N) is 3. The molecule has 13 aromatic rings. The zero-order valence-corrected chi connectivity index (χ0v) is 37.4. The van der Waals surface area contributed by atoms with Gasteiger partial charge in [-0.3, -0.25) is 0 Å². The fraction of sp³-hybridized carbons (Fsp3) is 0. The molecule has 0 aliphatic heterocycles. The molecule has 0 fully saturated rings. The lowest BCUT2D eigenvalue weighted by atomic mass is 9.88. The van der Waals surface area contributed by atoms with Crippen LogP contribution in [0, 0.1) is 0 Å². The number of hydrogen-bond acceptors (Lipinski definition) is 4. The van der Waals surface area contributed by atoms with Crippen molar-refractivity contribution in [2.75, 3.05) is 0 Å². The number of benzene rings is 11. The molecule has 0 atom stereocenters. The maximum Gasteiger partial charge on any atom is 0.164 e. The summed E-state index contributed by atoms with van der Waals surface area (Å²) in [5.41, 5.74) is 16.0. The summed E-state index contributed by atoms with van der Waals surface area (Å²) in [4.78, 5) is 15.7. The minimum absolute atomic E-state index is 0.612. The fourth-order valence-corrected chi connectivity index (χ4v) is 10.1. The zero-order valence-electron chi connectivity index (χ0n) is 37.4. The van der Waals surface area contributed by atoms with Crippen molar-refractivity contribution >= 4 is 43.5 Å². The third-order valence-electron chi connectivity index (χ3n) is 13.4. The van der Waals surface area contributed by atoms with Gasteiger partial charge in [0.1, 0.15) is 11.2 Å². The molecule has 4 nitrogen and oxygen atoms in total. The van der Waals surface area contributed by atoms with E-state index in [1.54, 1.807) is 0 Å². The molecule has 0 unspecified atom stereocenters. The summed E-state index contributed by atoms with van der Waals surface area (Å²) in [7, 11) is 0. The SMILES string of the molecule is c1ccc(-c2ccccc2-c2nc(-c3ccc(-c4ccc(-c5ccc(-c6ccc7oc8ccccc8c7c6)c6ccccc56)c5ccccc45)cc3)nc(-c3ccccc3-c3ccccc3)n2)cc1. The standard InChI is InChI=1S/C65H41N3O/c1-3-17-42(18-4-1)47-21-7-13-28-58(47)64-66-63(67-65(68-64)59-29-14-8-22-48(59)43-19-5-2-6-20-43)45-33-31-44(32-34-45)49-36-38-55(53-25-11-9-23-51(49)53)56-39-37-50(52-24-10-12-26-54(52)56)46-35-40-62-60(41-46)57-27-15-16-30-61(57)69-62/h1-41H. The van der Waals surface area contributed by atoms with Gasteiger partial charge >= 0.3 is 0 Å². The second-order valence-corrected chi connectivity index (χ2v) is 17.4. The van der Waals surface area contributed by atoms with Gasteiger partial charge in [-0.15, -0.1) is 0 Å². The quantitative estimate of drug-likeness (QED) is 0.153.